The fourth-order valence-corrected chi connectivity index (χ4v) is 1.88. The molecule has 0 aromatic carbocycles. The quantitative estimate of drug-likeness (QED) is 0.313. The molecular formula is C22H45HfO3-. The summed E-state index contributed by atoms with van der Waals surface area (Å²) in [5.41, 5.74) is 4.39. The second kappa shape index (κ2) is 23.3. The fraction of sp³-hybridized carbons (Fsp3) is 0.818. The molecule has 0 heterocycles. The molecule has 0 radical (unpaired) electrons. The van der Waals surface area contributed by atoms with Gasteiger partial charge >= 0.3 is 0 Å². The van der Waals surface area contributed by atoms with Gasteiger partial charge in [0.1, 0.15) is 0 Å². The van der Waals surface area contributed by atoms with Crippen molar-refractivity contribution < 1.29 is 41.2 Å². The summed E-state index contributed by atoms with van der Waals surface area (Å²) < 4.78 is 0. The number of rotatable bonds is 6. The molecule has 156 valence electrons. The second-order valence-corrected chi connectivity index (χ2v) is 6.86. The van der Waals surface area contributed by atoms with E-state index in [1.54, 1.807) is 0 Å². The molecule has 0 aliphatic heterocycles. The van der Waals surface area contributed by atoms with Crippen LogP contribution in [-0.4, -0.2) is 35.1 Å². The Balaban J connectivity index is -0.000000132. The average molecular weight is 536 g/mol. The molecule has 4 heteroatoms. The minimum atomic E-state index is 0. The van der Waals surface area contributed by atoms with Crippen molar-refractivity contribution >= 4 is 0 Å². The van der Waals surface area contributed by atoms with Crippen LogP contribution in [0.4, 0.5) is 0 Å². The zero-order valence-electron chi connectivity index (χ0n) is 18.7. The van der Waals surface area contributed by atoms with Gasteiger partial charge in [-0.1, -0.05) is 73.1 Å². The third-order valence-corrected chi connectivity index (χ3v) is 4.10. The summed E-state index contributed by atoms with van der Waals surface area (Å²) in [6.07, 6.45) is 9.55. The van der Waals surface area contributed by atoms with Gasteiger partial charge in [0, 0.05) is 45.7 Å². The van der Waals surface area contributed by atoms with Crippen molar-refractivity contribution in [1.82, 2.24) is 0 Å². The zero-order chi connectivity index (χ0) is 20.3. The molecule has 0 aromatic heterocycles. The summed E-state index contributed by atoms with van der Waals surface area (Å²) >= 11 is 0. The molecule has 3 N–H and O–H groups in total. The first-order valence-corrected chi connectivity index (χ1v) is 9.82. The van der Waals surface area contributed by atoms with Gasteiger partial charge in [-0.15, -0.1) is 6.92 Å². The molecule has 0 unspecified atom stereocenters. The number of aliphatic hydroxyl groups is 3. The Morgan fingerprint density at radius 3 is 1.08 bits per heavy atom. The Bertz CT molecular complexity index is 327. The Kier molecular flexibility index (Phi) is 30.2. The van der Waals surface area contributed by atoms with Gasteiger partial charge in [0.05, 0.1) is 0 Å². The Morgan fingerprint density at radius 1 is 0.731 bits per heavy atom. The largest absolute Gasteiger partial charge is 0.396 e. The molecule has 0 amide bonds. The summed E-state index contributed by atoms with van der Waals surface area (Å²) in [5.74, 6) is 0. The minimum absolute atomic E-state index is 0. The van der Waals surface area contributed by atoms with Crippen molar-refractivity contribution in [3.05, 3.63) is 22.8 Å². The molecule has 1 rings (SSSR count). The molecule has 0 saturated heterocycles. The van der Waals surface area contributed by atoms with Crippen LogP contribution in [0.2, 0.25) is 0 Å². The smallest absolute Gasteiger partial charge is 0.0430 e. The van der Waals surface area contributed by atoms with Gasteiger partial charge in [-0.3, -0.25) is 6.08 Å². The van der Waals surface area contributed by atoms with E-state index in [1.807, 2.05) is 0 Å². The summed E-state index contributed by atoms with van der Waals surface area (Å²) in [6, 6.07) is 0. The van der Waals surface area contributed by atoms with E-state index in [2.05, 4.69) is 61.5 Å². The molecule has 0 spiro atoms. The van der Waals surface area contributed by atoms with Crippen molar-refractivity contribution in [1.29, 1.82) is 0 Å². The molecule has 0 atom stereocenters. The summed E-state index contributed by atoms with van der Waals surface area (Å²) in [5, 5.41) is 24.2. The van der Waals surface area contributed by atoms with Crippen LogP contribution in [-0.2, 0) is 25.8 Å². The van der Waals surface area contributed by atoms with E-state index in [-0.39, 0.29) is 31.3 Å². The van der Waals surface area contributed by atoms with Crippen LogP contribution >= 0.6 is 0 Å². The Labute approximate surface area is 182 Å². The first-order chi connectivity index (χ1) is 11.7. The molecule has 1 aliphatic rings. The predicted molar refractivity (Wildman–Crippen MR) is 111 cm³/mol. The maximum atomic E-state index is 8.07. The molecule has 1 aliphatic carbocycles. The van der Waals surface area contributed by atoms with Crippen LogP contribution < -0.4 is 0 Å². The van der Waals surface area contributed by atoms with Crippen LogP contribution in [0.1, 0.15) is 93.9 Å². The van der Waals surface area contributed by atoms with E-state index < -0.39 is 0 Å². The monoisotopic (exact) mass is 537 g/mol. The number of aliphatic hydroxyl groups excluding tert-OH is 3. The Hall–Kier alpha value is 0.230. The fourth-order valence-electron chi connectivity index (χ4n) is 1.88. The maximum absolute atomic E-state index is 8.07. The topological polar surface area (TPSA) is 60.7 Å². The van der Waals surface area contributed by atoms with E-state index in [9.17, 15) is 0 Å². The third kappa shape index (κ3) is 20.5. The SMILES string of the molecule is CC1=[C-]C(C)(C)C(C)=C1C.CCCCO.CCCCO.CCCCO.[Hf]. The first-order valence-electron chi connectivity index (χ1n) is 9.82. The van der Waals surface area contributed by atoms with Gasteiger partial charge in [-0.05, 0) is 19.3 Å². The van der Waals surface area contributed by atoms with Crippen molar-refractivity contribution in [2.45, 2.75) is 93.9 Å². The van der Waals surface area contributed by atoms with E-state index >= 15 is 0 Å². The zero-order valence-corrected chi connectivity index (χ0v) is 22.3. The van der Waals surface area contributed by atoms with E-state index in [4.69, 9.17) is 15.3 Å². The number of hydrogen-bond acceptors (Lipinski definition) is 3. The first kappa shape index (κ1) is 33.8. The van der Waals surface area contributed by atoms with Crippen molar-refractivity contribution in [2.24, 2.45) is 5.41 Å². The van der Waals surface area contributed by atoms with Gasteiger partial charge in [0.15, 0.2) is 0 Å². The van der Waals surface area contributed by atoms with Gasteiger partial charge < -0.3 is 15.3 Å². The predicted octanol–water partition coefficient (Wildman–Crippen LogP) is 5.45. The summed E-state index contributed by atoms with van der Waals surface area (Å²) in [7, 11) is 0. The molecule has 0 bridgehead atoms. The Morgan fingerprint density at radius 2 is 1.04 bits per heavy atom. The molecule has 26 heavy (non-hydrogen) atoms. The number of allylic oxidation sites excluding steroid dienone is 4. The average Bonchev–Trinajstić information content (AvgIpc) is 2.73. The van der Waals surface area contributed by atoms with Crippen LogP contribution in [0, 0.1) is 11.5 Å². The van der Waals surface area contributed by atoms with Gasteiger partial charge in [0.25, 0.3) is 0 Å². The summed E-state index contributed by atoms with van der Waals surface area (Å²) in [6.45, 7) is 18.1. The molecule has 0 saturated carbocycles. The van der Waals surface area contributed by atoms with Gasteiger partial charge in [0.2, 0.25) is 0 Å². The van der Waals surface area contributed by atoms with Crippen LogP contribution in [0.25, 0.3) is 0 Å². The van der Waals surface area contributed by atoms with Crippen molar-refractivity contribution in [3.8, 4) is 0 Å². The maximum Gasteiger partial charge on any atom is 0.0430 e. The third-order valence-electron chi connectivity index (χ3n) is 4.10. The van der Waals surface area contributed by atoms with E-state index in [0.717, 1.165) is 38.5 Å². The van der Waals surface area contributed by atoms with Crippen LogP contribution in [0.5, 0.6) is 0 Å². The molecule has 0 fully saturated rings. The normalized spacial score (nSPS) is 13.9. The van der Waals surface area contributed by atoms with Crippen LogP contribution in [0.15, 0.2) is 16.7 Å². The number of hydrogen-bond donors (Lipinski definition) is 3. The van der Waals surface area contributed by atoms with E-state index in [0.29, 0.717) is 19.8 Å². The van der Waals surface area contributed by atoms with Gasteiger partial charge in [-0.25, -0.2) is 5.57 Å². The second-order valence-electron chi connectivity index (χ2n) is 6.86. The van der Waals surface area contributed by atoms with Crippen molar-refractivity contribution in [3.63, 3.8) is 0 Å². The standard InChI is InChI=1S/C10H15.3C4H10O.Hf/c1-7-6-10(4,5)9(3)8(7)2;3*1-2-3-4-5;/h1-5H3;3*5H,2-4H2,1H3;/q-1;;;;. The van der Waals surface area contributed by atoms with Crippen LogP contribution in [0.3, 0.4) is 0 Å². The van der Waals surface area contributed by atoms with E-state index in [1.165, 1.54) is 16.7 Å². The van der Waals surface area contributed by atoms with Crippen molar-refractivity contribution in [2.75, 3.05) is 19.8 Å². The minimum Gasteiger partial charge on any atom is -0.396 e. The molecule has 0 aromatic rings. The molecule has 3 nitrogen and oxygen atoms in total. The molecular weight excluding hydrogens is 491 g/mol. The summed E-state index contributed by atoms with van der Waals surface area (Å²) in [4.78, 5) is 0. The number of unbranched alkanes of at least 4 members (excludes halogenated alkanes) is 3. The van der Waals surface area contributed by atoms with Gasteiger partial charge in [-0.2, -0.15) is 11.1 Å².